The summed E-state index contributed by atoms with van der Waals surface area (Å²) in [5, 5.41) is 6.07. The first kappa shape index (κ1) is 15.9. The lowest BCUT2D eigenvalue weighted by atomic mass is 9.93. The number of hydrogen-bond acceptors (Lipinski definition) is 2. The predicted octanol–water partition coefficient (Wildman–Crippen LogP) is 2.92. The van der Waals surface area contributed by atoms with Crippen molar-refractivity contribution in [2.75, 3.05) is 13.1 Å². The van der Waals surface area contributed by atoms with Crippen molar-refractivity contribution >= 4 is 5.91 Å². The molecule has 0 aliphatic carbocycles. The van der Waals surface area contributed by atoms with Gasteiger partial charge < -0.3 is 10.6 Å². The highest BCUT2D eigenvalue weighted by Crippen LogP contribution is 2.20. The summed E-state index contributed by atoms with van der Waals surface area (Å²) < 4.78 is 26.5. The van der Waals surface area contributed by atoms with E-state index in [0.29, 0.717) is 17.9 Å². The highest BCUT2D eigenvalue weighted by molar-refractivity contribution is 5.76. The summed E-state index contributed by atoms with van der Waals surface area (Å²) in [6.07, 6.45) is 3.54. The third-order valence-electron chi connectivity index (χ3n) is 4.04. The standard InChI is InChI=1S/C16H22F2N2O/c1-11(14-4-3-13(17)10-15(14)18)20-16(21)5-2-12-6-8-19-9-7-12/h3-4,10-12,19H,2,5-9H2,1H3,(H,20,21)/t11-/m1/s1. The van der Waals surface area contributed by atoms with Crippen molar-refractivity contribution < 1.29 is 13.6 Å². The van der Waals surface area contributed by atoms with Crippen molar-refractivity contribution in [1.29, 1.82) is 0 Å². The first-order chi connectivity index (χ1) is 10.1. The van der Waals surface area contributed by atoms with Gasteiger partial charge in [0.25, 0.3) is 0 Å². The Balaban J connectivity index is 1.81. The molecular weight excluding hydrogens is 274 g/mol. The lowest BCUT2D eigenvalue weighted by molar-refractivity contribution is -0.122. The topological polar surface area (TPSA) is 41.1 Å². The van der Waals surface area contributed by atoms with E-state index in [1.54, 1.807) is 6.92 Å². The summed E-state index contributed by atoms with van der Waals surface area (Å²) in [5.74, 6) is -0.721. The Bertz CT molecular complexity index is 487. The van der Waals surface area contributed by atoms with Gasteiger partial charge in [-0.15, -0.1) is 0 Å². The van der Waals surface area contributed by atoms with Crippen molar-refractivity contribution in [3.8, 4) is 0 Å². The predicted molar refractivity (Wildman–Crippen MR) is 77.7 cm³/mol. The Morgan fingerprint density at radius 3 is 2.76 bits per heavy atom. The van der Waals surface area contributed by atoms with Crippen molar-refractivity contribution in [2.24, 2.45) is 5.92 Å². The van der Waals surface area contributed by atoms with E-state index in [9.17, 15) is 13.6 Å². The fourth-order valence-corrected chi connectivity index (χ4v) is 2.75. The molecule has 1 fully saturated rings. The van der Waals surface area contributed by atoms with Crippen molar-refractivity contribution in [1.82, 2.24) is 10.6 Å². The summed E-state index contributed by atoms with van der Waals surface area (Å²) in [6.45, 7) is 3.74. The SMILES string of the molecule is C[C@@H](NC(=O)CCC1CCNCC1)c1ccc(F)cc1F. The van der Waals surface area contributed by atoms with Crippen LogP contribution in [0.15, 0.2) is 18.2 Å². The molecule has 1 aromatic carbocycles. The number of amides is 1. The minimum atomic E-state index is -0.624. The lowest BCUT2D eigenvalue weighted by Gasteiger charge is -2.22. The second-order valence-electron chi connectivity index (χ2n) is 5.69. The molecule has 3 nitrogen and oxygen atoms in total. The zero-order chi connectivity index (χ0) is 15.2. The molecule has 2 N–H and O–H groups in total. The van der Waals surface area contributed by atoms with E-state index in [4.69, 9.17) is 0 Å². The molecule has 1 amide bonds. The van der Waals surface area contributed by atoms with Crippen LogP contribution in [0.25, 0.3) is 0 Å². The maximum atomic E-state index is 13.6. The minimum Gasteiger partial charge on any atom is -0.349 e. The van der Waals surface area contributed by atoms with Crippen LogP contribution < -0.4 is 10.6 Å². The van der Waals surface area contributed by atoms with E-state index in [1.165, 1.54) is 12.1 Å². The van der Waals surface area contributed by atoms with Gasteiger partial charge in [0.15, 0.2) is 0 Å². The molecular formula is C16H22F2N2O. The summed E-state index contributed by atoms with van der Waals surface area (Å²) in [7, 11) is 0. The van der Waals surface area contributed by atoms with Crippen molar-refractivity contribution in [3.05, 3.63) is 35.4 Å². The van der Waals surface area contributed by atoms with E-state index in [1.807, 2.05) is 0 Å². The van der Waals surface area contributed by atoms with Crippen LogP contribution in [0.2, 0.25) is 0 Å². The average Bonchev–Trinajstić information content (AvgIpc) is 2.46. The average molecular weight is 296 g/mol. The van der Waals surface area contributed by atoms with E-state index < -0.39 is 17.7 Å². The lowest BCUT2D eigenvalue weighted by Crippen LogP contribution is -2.30. The first-order valence-corrected chi connectivity index (χ1v) is 7.51. The van der Waals surface area contributed by atoms with Crippen molar-refractivity contribution in [2.45, 2.75) is 38.6 Å². The monoisotopic (exact) mass is 296 g/mol. The van der Waals surface area contributed by atoms with Crippen LogP contribution in [-0.4, -0.2) is 19.0 Å². The van der Waals surface area contributed by atoms with Crippen LogP contribution in [0.4, 0.5) is 8.78 Å². The molecule has 0 radical (unpaired) electrons. The Morgan fingerprint density at radius 1 is 1.38 bits per heavy atom. The summed E-state index contributed by atoms with van der Waals surface area (Å²) in [5.41, 5.74) is 0.312. The van der Waals surface area contributed by atoms with Crippen molar-refractivity contribution in [3.63, 3.8) is 0 Å². The van der Waals surface area contributed by atoms with E-state index in [0.717, 1.165) is 38.4 Å². The Hall–Kier alpha value is -1.49. The molecule has 116 valence electrons. The normalized spacial score (nSPS) is 17.5. The molecule has 1 saturated heterocycles. The van der Waals surface area contributed by atoms with Gasteiger partial charge in [-0.25, -0.2) is 8.78 Å². The maximum Gasteiger partial charge on any atom is 0.220 e. The Morgan fingerprint density at radius 2 is 2.10 bits per heavy atom. The van der Waals surface area contributed by atoms with Crippen LogP contribution in [0.3, 0.4) is 0 Å². The number of rotatable bonds is 5. The molecule has 5 heteroatoms. The highest BCUT2D eigenvalue weighted by Gasteiger charge is 2.17. The van der Waals surface area contributed by atoms with E-state index >= 15 is 0 Å². The zero-order valence-corrected chi connectivity index (χ0v) is 12.3. The third kappa shape index (κ3) is 4.77. The van der Waals surface area contributed by atoms with Gasteiger partial charge in [-0.3, -0.25) is 4.79 Å². The second-order valence-corrected chi connectivity index (χ2v) is 5.69. The van der Waals surface area contributed by atoms with Gasteiger partial charge in [0, 0.05) is 18.1 Å². The molecule has 0 aromatic heterocycles. The number of benzene rings is 1. The summed E-state index contributed by atoms with van der Waals surface area (Å²) in [6, 6.07) is 2.97. The van der Waals surface area contributed by atoms with Gasteiger partial charge in [-0.05, 0) is 51.3 Å². The van der Waals surface area contributed by atoms with Gasteiger partial charge in [0.2, 0.25) is 5.91 Å². The fraction of sp³-hybridized carbons (Fsp3) is 0.562. The van der Waals surface area contributed by atoms with Crippen LogP contribution in [0.5, 0.6) is 0 Å². The maximum absolute atomic E-state index is 13.6. The number of hydrogen-bond donors (Lipinski definition) is 2. The smallest absolute Gasteiger partial charge is 0.220 e. The molecule has 0 saturated carbocycles. The molecule has 1 heterocycles. The quantitative estimate of drug-likeness (QED) is 0.877. The molecule has 0 spiro atoms. The number of carbonyl (C=O) groups is 1. The second kappa shape index (κ2) is 7.50. The molecule has 2 rings (SSSR count). The molecule has 1 aliphatic heterocycles. The van der Waals surface area contributed by atoms with E-state index in [2.05, 4.69) is 10.6 Å². The molecule has 0 unspecified atom stereocenters. The van der Waals surface area contributed by atoms with Crippen LogP contribution in [-0.2, 0) is 4.79 Å². The highest BCUT2D eigenvalue weighted by atomic mass is 19.1. The molecule has 21 heavy (non-hydrogen) atoms. The van der Waals surface area contributed by atoms with Crippen LogP contribution >= 0.6 is 0 Å². The van der Waals surface area contributed by atoms with Crippen LogP contribution in [0, 0.1) is 17.6 Å². The Labute approximate surface area is 124 Å². The number of nitrogens with one attached hydrogen (secondary N) is 2. The Kier molecular flexibility index (Phi) is 5.67. The van der Waals surface area contributed by atoms with Gasteiger partial charge in [0.1, 0.15) is 11.6 Å². The largest absolute Gasteiger partial charge is 0.349 e. The fourth-order valence-electron chi connectivity index (χ4n) is 2.75. The van der Waals surface area contributed by atoms with Gasteiger partial charge in [-0.1, -0.05) is 6.07 Å². The van der Waals surface area contributed by atoms with Gasteiger partial charge in [-0.2, -0.15) is 0 Å². The van der Waals surface area contributed by atoms with Crippen LogP contribution in [0.1, 0.15) is 44.2 Å². The number of carbonyl (C=O) groups excluding carboxylic acids is 1. The number of piperidine rings is 1. The molecule has 1 aliphatic rings. The van der Waals surface area contributed by atoms with E-state index in [-0.39, 0.29) is 5.91 Å². The van der Waals surface area contributed by atoms with Gasteiger partial charge in [0.05, 0.1) is 6.04 Å². The third-order valence-corrected chi connectivity index (χ3v) is 4.04. The molecule has 1 atom stereocenters. The van der Waals surface area contributed by atoms with Gasteiger partial charge >= 0.3 is 0 Å². The zero-order valence-electron chi connectivity index (χ0n) is 12.3. The summed E-state index contributed by atoms with van der Waals surface area (Å²) in [4.78, 5) is 11.9. The molecule has 1 aromatic rings. The minimum absolute atomic E-state index is 0.0789. The summed E-state index contributed by atoms with van der Waals surface area (Å²) >= 11 is 0. The first-order valence-electron chi connectivity index (χ1n) is 7.51. The number of halogens is 2. The molecule has 0 bridgehead atoms.